The molecule has 348 valence electrons. The average Bonchev–Trinajstić information content (AvgIpc) is 4.21. The van der Waals surface area contributed by atoms with Crippen LogP contribution in [-0.4, -0.2) is 19.9 Å². The maximum atomic E-state index is 9.59. The molecule has 2 fully saturated rings. The minimum atomic E-state index is -0.0534. The molecule has 0 atom stereocenters. The van der Waals surface area contributed by atoms with Gasteiger partial charge >= 0.3 is 0 Å². The van der Waals surface area contributed by atoms with E-state index in [4.69, 9.17) is 25.9 Å². The van der Waals surface area contributed by atoms with Gasteiger partial charge in [-0.2, -0.15) is 5.26 Å². The molecule has 2 aliphatic carbocycles. The topological polar surface area (TPSA) is 92.8 Å². The van der Waals surface area contributed by atoms with E-state index < -0.39 is 0 Å². The first-order valence-electron chi connectivity index (χ1n) is 25.3. The molecule has 7 heteroatoms. The summed E-state index contributed by atoms with van der Waals surface area (Å²) < 4.78 is 6.38. The Morgan fingerprint density at radius 1 is 0.542 bits per heavy atom. The van der Waals surface area contributed by atoms with Crippen molar-refractivity contribution in [3.8, 4) is 62.1 Å². The molecule has 10 aromatic rings. The summed E-state index contributed by atoms with van der Waals surface area (Å²) in [4.78, 5) is 23.5. The Labute approximate surface area is 420 Å². The Bertz CT molecular complexity index is 3590. The van der Waals surface area contributed by atoms with Crippen molar-refractivity contribution in [3.63, 3.8) is 0 Å². The van der Waals surface area contributed by atoms with Crippen LogP contribution in [0, 0.1) is 24.8 Å². The minimum absolute atomic E-state index is 0.0513. The van der Waals surface area contributed by atoms with Crippen LogP contribution in [0.25, 0.3) is 82.9 Å². The summed E-state index contributed by atoms with van der Waals surface area (Å²) in [5, 5.41) is 11.6. The van der Waals surface area contributed by atoms with Gasteiger partial charge in [-0.15, -0.1) is 0 Å². The Balaban J connectivity index is 0.929. The summed E-state index contributed by atoms with van der Waals surface area (Å²) in [6, 6.07) is 57.4. The molecule has 0 radical (unpaired) electrons. The number of hydrogen-bond acceptors (Lipinski definition) is 6. The third-order valence-corrected chi connectivity index (χ3v) is 15.7. The first kappa shape index (κ1) is 44.7. The highest BCUT2D eigenvalue weighted by molar-refractivity contribution is 6.08. The molecular weight excluding hydrogens is 881 g/mol. The zero-order chi connectivity index (χ0) is 48.7. The van der Waals surface area contributed by atoms with E-state index in [9.17, 15) is 5.26 Å². The highest BCUT2D eigenvalue weighted by atomic mass is 16.3. The maximum absolute atomic E-state index is 9.59. The number of nitriles is 1. The quantitative estimate of drug-likeness (QED) is 0.120. The predicted octanol–water partition coefficient (Wildman–Crippen LogP) is 16.3. The molecule has 12 rings (SSSR count). The molecule has 2 aliphatic rings. The van der Waals surface area contributed by atoms with Crippen LogP contribution >= 0.6 is 0 Å². The van der Waals surface area contributed by atoms with E-state index in [0.717, 1.165) is 105 Å². The summed E-state index contributed by atoms with van der Waals surface area (Å²) in [5.41, 5.74) is 18.8. The third kappa shape index (κ3) is 8.41. The van der Waals surface area contributed by atoms with Crippen LogP contribution in [0.15, 0.2) is 181 Å². The fourth-order valence-electron chi connectivity index (χ4n) is 12.1. The van der Waals surface area contributed by atoms with E-state index in [1.807, 2.05) is 67.7 Å². The lowest BCUT2D eigenvalue weighted by atomic mass is 9.72. The van der Waals surface area contributed by atoms with Gasteiger partial charge in [-0.3, -0.25) is 15.0 Å². The Hall–Kier alpha value is -8.52. The van der Waals surface area contributed by atoms with Crippen molar-refractivity contribution < 1.29 is 4.42 Å². The van der Waals surface area contributed by atoms with Gasteiger partial charge in [-0.1, -0.05) is 129 Å². The lowest BCUT2D eigenvalue weighted by Gasteiger charge is -2.32. The molecule has 0 spiro atoms. The molecule has 0 saturated heterocycles. The van der Waals surface area contributed by atoms with Gasteiger partial charge in [0.2, 0.25) is 5.71 Å². The third-order valence-electron chi connectivity index (χ3n) is 15.7. The Morgan fingerprint density at radius 3 is 1.75 bits per heavy atom. The number of fused-ring (bicyclic) bond motifs is 3. The molecule has 72 heavy (non-hydrogen) atoms. The number of aryl methyl sites for hydroxylation is 1. The molecule has 5 aromatic carbocycles. The highest BCUT2D eigenvalue weighted by Crippen LogP contribution is 2.48. The fourth-order valence-corrected chi connectivity index (χ4v) is 12.1. The number of rotatable bonds is 11. The van der Waals surface area contributed by atoms with Crippen molar-refractivity contribution in [1.82, 2.24) is 19.9 Å². The number of aromatic nitrogens is 4. The van der Waals surface area contributed by atoms with Crippen molar-refractivity contribution in [2.45, 2.75) is 82.0 Å². The van der Waals surface area contributed by atoms with Crippen LogP contribution < -0.4 is 0 Å². The van der Waals surface area contributed by atoms with Crippen LogP contribution in [0.1, 0.15) is 84.9 Å². The molecule has 7 nitrogen and oxygen atoms in total. The predicted molar refractivity (Wildman–Crippen MR) is 288 cm³/mol. The van der Waals surface area contributed by atoms with E-state index in [1.165, 1.54) is 59.1 Å². The summed E-state index contributed by atoms with van der Waals surface area (Å²) in [5.74, 6) is 0. The maximum Gasteiger partial charge on any atom is 0.227 e. The van der Waals surface area contributed by atoms with Gasteiger partial charge in [0.1, 0.15) is 5.58 Å². The first-order valence-corrected chi connectivity index (χ1v) is 25.3. The molecular formula is C65H52N6O. The van der Waals surface area contributed by atoms with Gasteiger partial charge < -0.3 is 4.42 Å². The molecule has 0 N–H and O–H groups in total. The van der Waals surface area contributed by atoms with Gasteiger partial charge in [0.15, 0.2) is 5.69 Å². The van der Waals surface area contributed by atoms with Crippen molar-refractivity contribution in [1.29, 1.82) is 5.26 Å². The van der Waals surface area contributed by atoms with Gasteiger partial charge in [0, 0.05) is 62.6 Å². The summed E-state index contributed by atoms with van der Waals surface area (Å²) in [6.07, 6.45) is 17.2. The van der Waals surface area contributed by atoms with E-state index in [0.29, 0.717) is 17.0 Å². The van der Waals surface area contributed by atoms with Crippen molar-refractivity contribution in [2.24, 2.45) is 0 Å². The number of para-hydroxylation sites is 1. The molecule has 0 bridgehead atoms. The largest absolute Gasteiger partial charge is 0.437 e. The number of pyridine rings is 4. The first-order chi connectivity index (χ1) is 35.4. The van der Waals surface area contributed by atoms with Gasteiger partial charge in [-0.25, -0.2) is 9.83 Å². The Kier molecular flexibility index (Phi) is 11.6. The number of benzene rings is 5. The standard InChI is InChI=1S/C65H52N6O/c1-43-20-24-57-56-18-11-19-58(62(56)72-63(57)71-43)61-25-21-49(40-68-61)54-16-3-4-17-55(54)50-34-45(37-64(28-5-6-29-64)51-22-26-59(69-41-51)47-13-9-12-44(33-47)39-66)32-46(35-50)38-65(30-7-8-31-65)52-23-27-60(70-42-52)48-14-10-15-53(36-48)67-2/h3-4,9-27,32-36,40-42H,5-8,28-31,37-38H2,1H3. The normalized spacial score (nSPS) is 14.9. The molecule has 0 aliphatic heterocycles. The highest BCUT2D eigenvalue weighted by Gasteiger charge is 2.38. The smallest absolute Gasteiger partial charge is 0.227 e. The second-order valence-corrected chi connectivity index (χ2v) is 20.2. The molecule has 0 amide bonds. The minimum Gasteiger partial charge on any atom is -0.437 e. The van der Waals surface area contributed by atoms with E-state index in [-0.39, 0.29) is 10.8 Å². The molecule has 5 aromatic heterocycles. The summed E-state index contributed by atoms with van der Waals surface area (Å²) in [7, 11) is 0. The number of nitrogens with zero attached hydrogens (tertiary/aromatic N) is 6. The monoisotopic (exact) mass is 932 g/mol. The van der Waals surface area contributed by atoms with Crippen LogP contribution in [0.5, 0.6) is 0 Å². The zero-order valence-corrected chi connectivity index (χ0v) is 40.4. The lowest BCUT2D eigenvalue weighted by molar-refractivity contribution is 0.431. The Morgan fingerprint density at radius 2 is 1.14 bits per heavy atom. The molecule has 2 saturated carbocycles. The summed E-state index contributed by atoms with van der Waals surface area (Å²) in [6.45, 7) is 9.54. The fraction of sp³-hybridized carbons (Fsp3) is 0.200. The lowest BCUT2D eigenvalue weighted by Crippen LogP contribution is -2.27. The van der Waals surface area contributed by atoms with Crippen LogP contribution in [-0.2, 0) is 23.7 Å². The van der Waals surface area contributed by atoms with E-state index in [1.54, 1.807) is 0 Å². The van der Waals surface area contributed by atoms with E-state index in [2.05, 4.69) is 131 Å². The van der Waals surface area contributed by atoms with Gasteiger partial charge in [0.05, 0.1) is 35.3 Å². The molecule has 5 heterocycles. The average molecular weight is 933 g/mol. The van der Waals surface area contributed by atoms with E-state index >= 15 is 0 Å². The van der Waals surface area contributed by atoms with Crippen molar-refractivity contribution in [3.05, 3.63) is 221 Å². The van der Waals surface area contributed by atoms with Gasteiger partial charge in [0.25, 0.3) is 0 Å². The number of furan rings is 1. The van der Waals surface area contributed by atoms with Crippen molar-refractivity contribution in [2.75, 3.05) is 0 Å². The van der Waals surface area contributed by atoms with Crippen LogP contribution in [0.2, 0.25) is 0 Å². The number of hydrogen-bond donors (Lipinski definition) is 0. The zero-order valence-electron chi connectivity index (χ0n) is 40.4. The SMILES string of the molecule is [C-]#[N+]c1cccc(-c2ccc(C3(Cc4cc(CC5(c6ccc(-c7cccc(C#N)c7)nc6)CCCC5)cc(-c5ccccc5-c5ccc(-c6cccc7c6oc6nc(C)ccc67)nc5)c4)CCCC3)cn2)c1. The summed E-state index contributed by atoms with van der Waals surface area (Å²) >= 11 is 0. The van der Waals surface area contributed by atoms with Crippen molar-refractivity contribution >= 4 is 27.8 Å². The molecule has 0 unspecified atom stereocenters. The second-order valence-electron chi connectivity index (χ2n) is 20.2. The van der Waals surface area contributed by atoms with Crippen LogP contribution in [0.4, 0.5) is 5.69 Å². The van der Waals surface area contributed by atoms with Gasteiger partial charge in [-0.05, 0) is 145 Å². The second kappa shape index (κ2) is 18.7. The van der Waals surface area contributed by atoms with Crippen LogP contribution in [0.3, 0.4) is 0 Å².